The molecule has 0 aliphatic carbocycles. The van der Waals surface area contributed by atoms with Gasteiger partial charge in [-0.2, -0.15) is 0 Å². The molecule has 144 valence electrons. The molecule has 1 N–H and O–H groups in total. The molecule has 1 atom stereocenters. The van der Waals surface area contributed by atoms with Crippen molar-refractivity contribution < 1.29 is 9.21 Å². The summed E-state index contributed by atoms with van der Waals surface area (Å²) >= 11 is 4.26. The summed E-state index contributed by atoms with van der Waals surface area (Å²) in [6, 6.07) is 5.80. The van der Waals surface area contributed by atoms with Crippen LogP contribution in [-0.2, 0) is 0 Å². The Morgan fingerprint density at radius 3 is 2.93 bits per heavy atom. The maximum Gasteiger partial charge on any atom is 0.273 e. The third-order valence-corrected chi connectivity index (χ3v) is 4.96. The number of piperidine rings is 1. The Labute approximate surface area is 168 Å². The van der Waals surface area contributed by atoms with Crippen LogP contribution < -0.4 is 5.32 Å². The van der Waals surface area contributed by atoms with Crippen LogP contribution in [0.5, 0.6) is 0 Å². The summed E-state index contributed by atoms with van der Waals surface area (Å²) in [6.07, 6.45) is 8.35. The van der Waals surface area contributed by atoms with Gasteiger partial charge in [0.2, 0.25) is 5.89 Å². The normalized spacial score (nSPS) is 16.8. The van der Waals surface area contributed by atoms with Crippen molar-refractivity contribution in [3.05, 3.63) is 54.3 Å². The Bertz CT molecular complexity index is 959. The number of rotatable bonds is 4. The number of carbonyl (C=O) groups is 1. The number of pyridine rings is 2. The van der Waals surface area contributed by atoms with Crippen LogP contribution in [0.25, 0.3) is 11.5 Å². The van der Waals surface area contributed by atoms with Crippen molar-refractivity contribution in [1.82, 2.24) is 19.9 Å². The first-order chi connectivity index (χ1) is 13.6. The highest BCUT2D eigenvalue weighted by Crippen LogP contribution is 2.25. The third-order valence-electron chi connectivity index (χ3n) is 4.70. The van der Waals surface area contributed by atoms with Gasteiger partial charge in [-0.1, -0.05) is 0 Å². The van der Waals surface area contributed by atoms with Crippen molar-refractivity contribution in [2.45, 2.75) is 30.7 Å². The van der Waals surface area contributed by atoms with E-state index in [-0.39, 0.29) is 11.9 Å². The molecule has 0 radical (unpaired) electrons. The summed E-state index contributed by atoms with van der Waals surface area (Å²) in [5.74, 6) is 1.08. The van der Waals surface area contributed by atoms with Crippen molar-refractivity contribution in [2.75, 3.05) is 18.4 Å². The molecule has 28 heavy (non-hydrogen) atoms. The molecule has 0 spiro atoms. The third kappa shape index (κ3) is 4.01. The van der Waals surface area contributed by atoms with Gasteiger partial charge in [0.1, 0.15) is 17.8 Å². The van der Waals surface area contributed by atoms with Crippen LogP contribution in [0.4, 0.5) is 5.82 Å². The van der Waals surface area contributed by atoms with E-state index < -0.39 is 0 Å². The van der Waals surface area contributed by atoms with E-state index in [4.69, 9.17) is 4.42 Å². The number of aromatic nitrogens is 3. The second-order valence-corrected chi connectivity index (χ2v) is 7.40. The second-order valence-electron chi connectivity index (χ2n) is 6.88. The SMILES string of the molecule is Cc1cnc(C(=O)N2CCC[C@@H](Nc3ccc(S)cn3)C2)c(-c2ncco2)c1. The molecule has 4 heterocycles. The number of thiol groups is 1. The smallest absolute Gasteiger partial charge is 0.273 e. The number of likely N-dealkylation sites (tertiary alicyclic amines) is 1. The van der Waals surface area contributed by atoms with E-state index in [1.807, 2.05) is 30.0 Å². The summed E-state index contributed by atoms with van der Waals surface area (Å²) in [6.45, 7) is 3.21. The lowest BCUT2D eigenvalue weighted by atomic mass is 10.0. The van der Waals surface area contributed by atoms with Gasteiger partial charge < -0.3 is 14.6 Å². The predicted molar refractivity (Wildman–Crippen MR) is 109 cm³/mol. The molecular weight excluding hydrogens is 374 g/mol. The highest BCUT2D eigenvalue weighted by molar-refractivity contribution is 7.80. The standard InChI is InChI=1S/C20H21N5O2S/c1-13-9-16(19-21-6-8-27-19)18(23-10-13)20(26)25-7-2-3-14(12-25)24-17-5-4-15(28)11-22-17/h4-6,8-11,14,28H,2-3,7,12H2,1H3,(H,22,24)/t14-/m1/s1. The monoisotopic (exact) mass is 395 g/mol. The number of anilines is 1. The van der Waals surface area contributed by atoms with E-state index in [0.29, 0.717) is 30.2 Å². The number of nitrogens with zero attached hydrogens (tertiary/aromatic N) is 4. The van der Waals surface area contributed by atoms with Gasteiger partial charge in [0.05, 0.1) is 11.8 Å². The average molecular weight is 395 g/mol. The van der Waals surface area contributed by atoms with Crippen molar-refractivity contribution in [2.24, 2.45) is 0 Å². The zero-order valence-corrected chi connectivity index (χ0v) is 16.4. The molecule has 8 heteroatoms. The lowest BCUT2D eigenvalue weighted by molar-refractivity contribution is 0.0709. The van der Waals surface area contributed by atoms with Crippen molar-refractivity contribution in [3.63, 3.8) is 0 Å². The zero-order chi connectivity index (χ0) is 19.5. The fourth-order valence-electron chi connectivity index (χ4n) is 3.37. The molecule has 1 aliphatic rings. The maximum atomic E-state index is 13.2. The first-order valence-corrected chi connectivity index (χ1v) is 9.62. The predicted octanol–water partition coefficient (Wildman–Crippen LogP) is 3.45. The van der Waals surface area contributed by atoms with Gasteiger partial charge in [0, 0.05) is 36.4 Å². The summed E-state index contributed by atoms with van der Waals surface area (Å²) < 4.78 is 5.41. The number of nitrogens with one attached hydrogen (secondary N) is 1. The number of aryl methyl sites for hydroxylation is 1. The minimum atomic E-state index is -0.113. The highest BCUT2D eigenvalue weighted by Gasteiger charge is 2.28. The Kier molecular flexibility index (Phi) is 5.29. The molecule has 0 bridgehead atoms. The van der Waals surface area contributed by atoms with Crippen LogP contribution in [0, 0.1) is 6.92 Å². The molecule has 3 aromatic heterocycles. The first kappa shape index (κ1) is 18.5. The van der Waals surface area contributed by atoms with Gasteiger partial charge in [-0.3, -0.25) is 4.79 Å². The van der Waals surface area contributed by atoms with Gasteiger partial charge in [0.25, 0.3) is 5.91 Å². The van der Waals surface area contributed by atoms with Crippen molar-refractivity contribution in [1.29, 1.82) is 0 Å². The van der Waals surface area contributed by atoms with E-state index >= 15 is 0 Å². The largest absolute Gasteiger partial charge is 0.444 e. The molecular formula is C20H21N5O2S. The summed E-state index contributed by atoms with van der Waals surface area (Å²) in [4.78, 5) is 28.8. The molecule has 0 aromatic carbocycles. The molecule has 1 aliphatic heterocycles. The van der Waals surface area contributed by atoms with Crippen LogP contribution >= 0.6 is 12.6 Å². The fraction of sp³-hybridized carbons (Fsp3) is 0.300. The second kappa shape index (κ2) is 8.02. The number of amides is 1. The van der Waals surface area contributed by atoms with Gasteiger partial charge in [0.15, 0.2) is 0 Å². The number of carbonyl (C=O) groups excluding carboxylic acids is 1. The van der Waals surface area contributed by atoms with Gasteiger partial charge >= 0.3 is 0 Å². The number of hydrogen-bond donors (Lipinski definition) is 2. The van der Waals surface area contributed by atoms with Crippen LogP contribution in [-0.4, -0.2) is 44.9 Å². The van der Waals surface area contributed by atoms with Crippen LogP contribution in [0.15, 0.2) is 52.4 Å². The highest BCUT2D eigenvalue weighted by atomic mass is 32.1. The molecule has 1 saturated heterocycles. The van der Waals surface area contributed by atoms with Crippen LogP contribution in [0.2, 0.25) is 0 Å². The molecule has 1 amide bonds. The molecule has 1 fully saturated rings. The van der Waals surface area contributed by atoms with Gasteiger partial charge in [-0.15, -0.1) is 12.6 Å². The van der Waals surface area contributed by atoms with E-state index in [1.165, 1.54) is 6.26 Å². The summed E-state index contributed by atoms with van der Waals surface area (Å²) in [5.41, 5.74) is 1.93. The van der Waals surface area contributed by atoms with E-state index in [0.717, 1.165) is 29.1 Å². The lowest BCUT2D eigenvalue weighted by Gasteiger charge is -2.33. The van der Waals surface area contributed by atoms with Gasteiger partial charge in [-0.25, -0.2) is 15.0 Å². The molecule has 3 aromatic rings. The van der Waals surface area contributed by atoms with Crippen LogP contribution in [0.1, 0.15) is 28.9 Å². The fourth-order valence-corrected chi connectivity index (χ4v) is 3.50. The Hall–Kier alpha value is -2.87. The number of hydrogen-bond acceptors (Lipinski definition) is 7. The Morgan fingerprint density at radius 1 is 1.29 bits per heavy atom. The molecule has 0 saturated carbocycles. The van der Waals surface area contributed by atoms with E-state index in [9.17, 15) is 4.79 Å². The Morgan fingerprint density at radius 2 is 2.18 bits per heavy atom. The minimum absolute atomic E-state index is 0.113. The topological polar surface area (TPSA) is 84.2 Å². The van der Waals surface area contributed by atoms with Crippen LogP contribution in [0.3, 0.4) is 0 Å². The quantitative estimate of drug-likeness (QED) is 0.659. The lowest BCUT2D eigenvalue weighted by Crippen LogP contribution is -2.45. The van der Waals surface area contributed by atoms with E-state index in [2.05, 4.69) is 32.9 Å². The first-order valence-electron chi connectivity index (χ1n) is 9.17. The molecule has 0 unspecified atom stereocenters. The Balaban J connectivity index is 1.53. The van der Waals surface area contributed by atoms with Gasteiger partial charge in [-0.05, 0) is 43.5 Å². The molecule has 7 nitrogen and oxygen atoms in total. The summed E-state index contributed by atoms with van der Waals surface area (Å²) in [5, 5.41) is 3.41. The zero-order valence-electron chi connectivity index (χ0n) is 15.5. The maximum absolute atomic E-state index is 13.2. The molecule has 4 rings (SSSR count). The average Bonchev–Trinajstić information content (AvgIpc) is 3.24. The van der Waals surface area contributed by atoms with Crippen molar-refractivity contribution in [3.8, 4) is 11.5 Å². The summed E-state index contributed by atoms with van der Waals surface area (Å²) in [7, 11) is 0. The van der Waals surface area contributed by atoms with Crippen molar-refractivity contribution >= 4 is 24.4 Å². The van der Waals surface area contributed by atoms with E-state index in [1.54, 1.807) is 18.6 Å². The minimum Gasteiger partial charge on any atom is -0.444 e. The number of oxazole rings is 1.